The molecule has 5 aliphatic rings. The fourth-order valence-corrected chi connectivity index (χ4v) is 10.9. The third kappa shape index (κ3) is 11.6. The molecule has 6 N–H and O–H groups in total. The third-order valence-electron chi connectivity index (χ3n) is 15.3. The van der Waals surface area contributed by atoms with Crippen molar-refractivity contribution in [1.82, 2.24) is 41.0 Å². The predicted octanol–water partition coefficient (Wildman–Crippen LogP) is 1.95. The quantitative estimate of drug-likeness (QED) is 0.0223. The van der Waals surface area contributed by atoms with Gasteiger partial charge in [-0.25, -0.2) is 14.2 Å². The molecule has 4 aromatic rings. The van der Waals surface area contributed by atoms with Crippen LogP contribution in [0.4, 0.5) is 4.39 Å². The lowest BCUT2D eigenvalue weighted by atomic mass is 9.76. The zero-order valence-corrected chi connectivity index (χ0v) is 43.3. The fourth-order valence-electron chi connectivity index (χ4n) is 10.9. The van der Waals surface area contributed by atoms with Crippen molar-refractivity contribution in [3.63, 3.8) is 0 Å². The Kier molecular flexibility index (Phi) is 16.4. The lowest BCUT2D eigenvalue weighted by molar-refractivity contribution is -0.172. The molecule has 2 aromatic carbocycles. The van der Waals surface area contributed by atoms with Crippen molar-refractivity contribution in [2.24, 2.45) is 5.92 Å². The van der Waals surface area contributed by atoms with Crippen molar-refractivity contribution in [3.05, 3.63) is 110 Å². The summed E-state index contributed by atoms with van der Waals surface area (Å²) in [5.74, 6) is -5.78. The van der Waals surface area contributed by atoms with Gasteiger partial charge in [-0.05, 0) is 92.0 Å². The molecule has 0 saturated heterocycles. The van der Waals surface area contributed by atoms with Gasteiger partial charge in [-0.15, -0.1) is 0 Å². The zero-order valence-electron chi connectivity index (χ0n) is 43.3. The van der Waals surface area contributed by atoms with Gasteiger partial charge in [0.1, 0.15) is 31.3 Å². The minimum Gasteiger partial charge on any atom is -0.458 e. The normalized spacial score (nSPS) is 18.6. The number of fused-ring (bicyclic) bond motifs is 5. The number of esters is 1. The van der Waals surface area contributed by atoms with Gasteiger partial charge >= 0.3 is 5.97 Å². The molecule has 3 aliphatic heterocycles. The number of unbranched alkanes of at least 4 members (excludes halogenated alkanes) is 2. The van der Waals surface area contributed by atoms with Crippen molar-refractivity contribution in [2.75, 3.05) is 32.9 Å². The molecule has 0 radical (unpaired) electrons. The second-order valence-corrected chi connectivity index (χ2v) is 20.4. The third-order valence-corrected chi connectivity index (χ3v) is 15.3. The van der Waals surface area contributed by atoms with E-state index >= 15 is 4.39 Å². The first kappa shape index (κ1) is 54.8. The van der Waals surface area contributed by atoms with Crippen LogP contribution in [-0.2, 0) is 84.2 Å². The van der Waals surface area contributed by atoms with E-state index in [9.17, 15) is 53.1 Å². The Bertz CT molecular complexity index is 3210. The highest BCUT2D eigenvalue weighted by Gasteiger charge is 2.46. The van der Waals surface area contributed by atoms with E-state index in [0.29, 0.717) is 65.7 Å². The van der Waals surface area contributed by atoms with Gasteiger partial charge in [0.2, 0.25) is 29.5 Å². The number of amides is 7. The molecule has 22 heteroatoms. The van der Waals surface area contributed by atoms with Crippen LogP contribution in [0.1, 0.15) is 110 Å². The number of cyclic esters (lactones) is 1. The summed E-state index contributed by atoms with van der Waals surface area (Å²) in [5, 5.41) is 24.8. The van der Waals surface area contributed by atoms with E-state index in [1.165, 1.54) is 22.8 Å². The van der Waals surface area contributed by atoms with E-state index in [4.69, 9.17) is 14.5 Å². The number of ether oxygens (including phenoxy) is 2. The number of nitrogens with zero attached hydrogens (tertiary/aromatic N) is 3. The molecular weight excluding hydrogens is 1010 g/mol. The average Bonchev–Trinajstić information content (AvgIpc) is 4.32. The van der Waals surface area contributed by atoms with Crippen molar-refractivity contribution >= 4 is 64.0 Å². The Labute approximate surface area is 447 Å². The standard InChI is InChI=1S/C56H61FN8O13/c1-3-56(76)37-22-41-51-35(27-65(41)54(74)36(37)28-77-55(56)75)49-33(15-16-34-30(2)38(57)23-39(63-51)50(34)49)21-42(66)52(32-13-14-32)78-29-61-45(69)25-60-53(73)40(20-31-10-6-4-7-11-31)62-46(70)26-59-44(68)24-58-43(67)12-8-5-9-19-64-47(71)17-18-48(64)72/h4,6-7,10-11,17-18,22-23,32-33,40,52,76H,3,5,8-9,12-16,19-21,24-29H2,1-2H3,(H,58,67)(H,59,68)(H,60,73)(H,61,69)(H,62,70)/t33-,40+,52+,56+/m1/s1. The summed E-state index contributed by atoms with van der Waals surface area (Å²) in [5.41, 5.74) is 2.38. The van der Waals surface area contributed by atoms with Crippen molar-refractivity contribution in [1.29, 1.82) is 0 Å². The van der Waals surface area contributed by atoms with Crippen LogP contribution in [0, 0.1) is 18.7 Å². The number of hydrogen-bond acceptors (Lipinski definition) is 14. The topological polar surface area (TPSA) is 291 Å². The number of halogens is 1. The molecule has 0 bridgehead atoms. The number of rotatable bonds is 24. The number of imide groups is 1. The second kappa shape index (κ2) is 23.3. The molecule has 7 amide bonds. The summed E-state index contributed by atoms with van der Waals surface area (Å²) in [6, 6.07) is 10.6. The first-order chi connectivity index (χ1) is 37.4. The number of pyridine rings is 2. The maximum atomic E-state index is 15.5. The molecule has 9 rings (SSSR count). The number of aryl methyl sites for hydroxylation is 1. The predicted molar refractivity (Wildman–Crippen MR) is 276 cm³/mol. The molecular formula is C56H61FN8O13. The van der Waals surface area contributed by atoms with Gasteiger partial charge in [0.05, 0.1) is 48.6 Å². The minimum atomic E-state index is -2.04. The molecule has 2 aromatic heterocycles. The van der Waals surface area contributed by atoms with Crippen LogP contribution in [0.5, 0.6) is 0 Å². The number of benzene rings is 2. The minimum absolute atomic E-state index is 0.0382. The van der Waals surface area contributed by atoms with Gasteiger partial charge < -0.3 is 45.7 Å². The maximum absolute atomic E-state index is 15.5. The number of Topliss-reactive ketones (excluding diaryl/α,β-unsaturated/α-hetero) is 1. The average molecular weight is 1070 g/mol. The SMILES string of the molecule is CC[C@@]1(O)C(=O)OCc2c1cc1n(c2=O)Cc2c-1nc1cc(F)c(C)c3c1c2[C@@H](CC(=O)[C@@H](OCNC(=O)CNC(=O)[C@H](Cc1ccccc1)NC(=O)CNC(=O)CNC(=O)CCCCCN1C(=O)C=CC1=O)C1CC1)CC3. The van der Waals surface area contributed by atoms with Gasteiger partial charge in [0, 0.05) is 60.5 Å². The number of carbonyl (C=O) groups is 9. The number of carbonyl (C=O) groups excluding carboxylic acids is 9. The van der Waals surface area contributed by atoms with Crippen molar-refractivity contribution < 1.29 is 62.1 Å². The van der Waals surface area contributed by atoms with Crippen LogP contribution in [0.25, 0.3) is 22.3 Å². The molecule has 78 heavy (non-hydrogen) atoms. The Balaban J connectivity index is 0.777. The van der Waals surface area contributed by atoms with Crippen LogP contribution in [0.15, 0.2) is 59.4 Å². The van der Waals surface area contributed by atoms with Crippen LogP contribution in [0.3, 0.4) is 0 Å². The number of aromatic nitrogens is 2. The van der Waals surface area contributed by atoms with Gasteiger partial charge in [-0.1, -0.05) is 43.7 Å². The molecule has 1 fully saturated rings. The molecule has 0 unspecified atom stereocenters. The molecule has 0 spiro atoms. The van der Waals surface area contributed by atoms with Gasteiger partial charge in [0.25, 0.3) is 17.4 Å². The smallest absolute Gasteiger partial charge is 0.343 e. The first-order valence-corrected chi connectivity index (χ1v) is 26.4. The summed E-state index contributed by atoms with van der Waals surface area (Å²) < 4.78 is 28.4. The van der Waals surface area contributed by atoms with E-state index in [0.717, 1.165) is 34.3 Å². The number of hydrogen-bond donors (Lipinski definition) is 6. The van der Waals surface area contributed by atoms with Crippen molar-refractivity contribution in [2.45, 2.75) is 121 Å². The van der Waals surface area contributed by atoms with E-state index in [1.54, 1.807) is 50.2 Å². The van der Waals surface area contributed by atoms with Crippen LogP contribution < -0.4 is 32.1 Å². The van der Waals surface area contributed by atoms with Crippen LogP contribution in [0.2, 0.25) is 0 Å². The maximum Gasteiger partial charge on any atom is 0.343 e. The Morgan fingerprint density at radius 3 is 2.29 bits per heavy atom. The van der Waals surface area contributed by atoms with Crippen LogP contribution >= 0.6 is 0 Å². The highest BCUT2D eigenvalue weighted by molar-refractivity contribution is 6.12. The lowest BCUT2D eigenvalue weighted by Gasteiger charge is -2.31. The molecule has 21 nitrogen and oxygen atoms in total. The zero-order chi connectivity index (χ0) is 55.4. The summed E-state index contributed by atoms with van der Waals surface area (Å²) in [4.78, 5) is 135. The van der Waals surface area contributed by atoms with Gasteiger partial charge in [-0.3, -0.25) is 48.1 Å². The van der Waals surface area contributed by atoms with E-state index in [2.05, 4.69) is 26.6 Å². The van der Waals surface area contributed by atoms with Gasteiger partial charge in [0.15, 0.2) is 11.4 Å². The first-order valence-electron chi connectivity index (χ1n) is 26.4. The highest BCUT2D eigenvalue weighted by Crippen LogP contribution is 2.48. The monoisotopic (exact) mass is 1070 g/mol. The van der Waals surface area contributed by atoms with E-state index in [-0.39, 0.29) is 92.7 Å². The number of nitrogens with one attached hydrogen (secondary N) is 5. The van der Waals surface area contributed by atoms with E-state index in [1.807, 2.05) is 0 Å². The highest BCUT2D eigenvalue weighted by atomic mass is 19.1. The van der Waals surface area contributed by atoms with Gasteiger partial charge in [-0.2, -0.15) is 0 Å². The molecule has 2 aliphatic carbocycles. The fraction of sp³-hybridized carbons (Fsp3) is 0.446. The van der Waals surface area contributed by atoms with Crippen molar-refractivity contribution in [3.8, 4) is 11.4 Å². The summed E-state index contributed by atoms with van der Waals surface area (Å²) in [7, 11) is 0. The largest absolute Gasteiger partial charge is 0.458 e. The summed E-state index contributed by atoms with van der Waals surface area (Å²) >= 11 is 0. The summed E-state index contributed by atoms with van der Waals surface area (Å²) in [6.07, 6.45) is 5.67. The Hall–Kier alpha value is -7.98. The summed E-state index contributed by atoms with van der Waals surface area (Å²) in [6.45, 7) is 1.60. The Morgan fingerprint density at radius 2 is 1.56 bits per heavy atom. The number of ketones is 1. The number of aliphatic hydroxyl groups is 1. The molecule has 1 saturated carbocycles. The Morgan fingerprint density at radius 1 is 0.859 bits per heavy atom. The molecule has 4 atom stereocenters. The van der Waals surface area contributed by atoms with E-state index < -0.39 is 84.3 Å². The molecule has 410 valence electrons. The molecule has 5 heterocycles. The van der Waals surface area contributed by atoms with Crippen LogP contribution in [-0.4, -0.2) is 118 Å². The second-order valence-electron chi connectivity index (χ2n) is 20.4. The lowest BCUT2D eigenvalue weighted by Crippen LogP contribution is -2.52.